The van der Waals surface area contributed by atoms with Crippen molar-refractivity contribution in [3.05, 3.63) is 18.2 Å². The highest BCUT2D eigenvalue weighted by molar-refractivity contribution is 5.94. The van der Waals surface area contributed by atoms with E-state index in [0.29, 0.717) is 5.69 Å². The van der Waals surface area contributed by atoms with Gasteiger partial charge in [0.25, 0.3) is 0 Å². The van der Waals surface area contributed by atoms with Gasteiger partial charge < -0.3 is 47.1 Å². The zero-order chi connectivity index (χ0) is 26.5. The molecule has 0 saturated carbocycles. The molecule has 194 valence electrons. The lowest BCUT2D eigenvalue weighted by Crippen LogP contribution is -2.58. The maximum Gasteiger partial charge on any atom is 0.328 e. The van der Waals surface area contributed by atoms with E-state index in [2.05, 4.69) is 20.6 Å². The van der Waals surface area contributed by atoms with Crippen LogP contribution in [-0.4, -0.2) is 96.8 Å². The Morgan fingerprint density at radius 3 is 1.91 bits per heavy atom. The standard InChI is InChI=1S/C19H28N6O10/c20-10(1-3-14(27)28)16(31)24-12(5-9-6-21-8-22-9)18(33)23-11(2-4-15(29)30)17(32)25-13(7-26)19(34)35/h6,8,10-13,26H,1-5,7,20H2,(H,21,22)(H,23,33)(H,24,31)(H,25,32)(H,27,28)(H,29,30)(H,34,35). The van der Waals surface area contributed by atoms with Crippen molar-refractivity contribution in [3.63, 3.8) is 0 Å². The van der Waals surface area contributed by atoms with Crippen LogP contribution in [0.2, 0.25) is 0 Å². The monoisotopic (exact) mass is 500 g/mol. The zero-order valence-electron chi connectivity index (χ0n) is 18.5. The molecule has 0 saturated heterocycles. The molecule has 0 bridgehead atoms. The number of rotatable bonds is 16. The van der Waals surface area contributed by atoms with E-state index in [4.69, 9.17) is 26.2 Å². The number of aliphatic carboxylic acids is 3. The fourth-order valence-corrected chi connectivity index (χ4v) is 2.78. The number of imidazole rings is 1. The van der Waals surface area contributed by atoms with Crippen LogP contribution in [0.5, 0.6) is 0 Å². The van der Waals surface area contributed by atoms with Gasteiger partial charge in [-0.05, 0) is 12.8 Å². The summed E-state index contributed by atoms with van der Waals surface area (Å²) < 4.78 is 0. The predicted octanol–water partition coefficient (Wildman–Crippen LogP) is -3.46. The molecule has 0 aliphatic rings. The van der Waals surface area contributed by atoms with Gasteiger partial charge in [0.15, 0.2) is 0 Å². The van der Waals surface area contributed by atoms with E-state index in [9.17, 15) is 28.8 Å². The van der Waals surface area contributed by atoms with E-state index >= 15 is 0 Å². The lowest BCUT2D eigenvalue weighted by molar-refractivity contribution is -0.144. The summed E-state index contributed by atoms with van der Waals surface area (Å²) in [5.74, 6) is -6.85. The molecule has 0 aliphatic carbocycles. The molecule has 16 nitrogen and oxygen atoms in total. The van der Waals surface area contributed by atoms with Gasteiger partial charge in [0.2, 0.25) is 17.7 Å². The number of hydrogen-bond donors (Lipinski definition) is 9. The van der Waals surface area contributed by atoms with E-state index in [-0.39, 0.29) is 19.3 Å². The summed E-state index contributed by atoms with van der Waals surface area (Å²) in [7, 11) is 0. The third kappa shape index (κ3) is 10.6. The Kier molecular flexibility index (Phi) is 11.8. The van der Waals surface area contributed by atoms with Gasteiger partial charge >= 0.3 is 17.9 Å². The summed E-state index contributed by atoms with van der Waals surface area (Å²) in [4.78, 5) is 77.2. The van der Waals surface area contributed by atoms with Gasteiger partial charge in [0, 0.05) is 31.2 Å². The number of aromatic nitrogens is 2. The number of carboxylic acid groups (broad SMARTS) is 3. The number of nitrogens with one attached hydrogen (secondary N) is 4. The van der Waals surface area contributed by atoms with Crippen LogP contribution in [0.1, 0.15) is 31.4 Å². The summed E-state index contributed by atoms with van der Waals surface area (Å²) in [6.07, 6.45) is 0.949. The van der Waals surface area contributed by atoms with Crippen LogP contribution >= 0.6 is 0 Å². The van der Waals surface area contributed by atoms with E-state index < -0.39 is 79.2 Å². The molecule has 0 spiro atoms. The van der Waals surface area contributed by atoms with Gasteiger partial charge in [-0.1, -0.05) is 0 Å². The van der Waals surface area contributed by atoms with Crippen molar-refractivity contribution in [1.82, 2.24) is 25.9 Å². The normalized spacial score (nSPS) is 14.1. The van der Waals surface area contributed by atoms with Crippen molar-refractivity contribution >= 4 is 35.6 Å². The highest BCUT2D eigenvalue weighted by Crippen LogP contribution is 2.05. The van der Waals surface area contributed by atoms with Crippen LogP contribution in [0, 0.1) is 0 Å². The van der Waals surface area contributed by atoms with Gasteiger partial charge in [-0.3, -0.25) is 24.0 Å². The minimum absolute atomic E-state index is 0.148. The number of hydrogen-bond acceptors (Lipinski definition) is 9. The predicted molar refractivity (Wildman–Crippen MR) is 115 cm³/mol. The molecular weight excluding hydrogens is 472 g/mol. The summed E-state index contributed by atoms with van der Waals surface area (Å²) >= 11 is 0. The largest absolute Gasteiger partial charge is 0.481 e. The SMILES string of the molecule is NC(CCC(=O)O)C(=O)NC(Cc1cnc[nH]1)C(=O)NC(CCC(=O)O)C(=O)NC(CO)C(=O)O. The summed E-state index contributed by atoms with van der Waals surface area (Å²) in [6.45, 7) is -0.951. The Bertz CT molecular complexity index is 906. The average Bonchev–Trinajstić information content (AvgIpc) is 3.30. The van der Waals surface area contributed by atoms with Crippen molar-refractivity contribution in [1.29, 1.82) is 0 Å². The van der Waals surface area contributed by atoms with Crippen LogP contribution in [0.15, 0.2) is 12.5 Å². The Labute approximate surface area is 198 Å². The molecule has 0 aliphatic heterocycles. The van der Waals surface area contributed by atoms with Crippen LogP contribution < -0.4 is 21.7 Å². The van der Waals surface area contributed by atoms with Crippen molar-refractivity contribution in [2.75, 3.05) is 6.61 Å². The molecule has 1 aromatic rings. The summed E-state index contributed by atoms with van der Waals surface area (Å²) in [6, 6.07) is -5.81. The Balaban J connectivity index is 3.03. The molecule has 1 heterocycles. The topological polar surface area (TPSA) is 274 Å². The number of aliphatic hydroxyl groups excluding tert-OH is 1. The Hall–Kier alpha value is -4.05. The van der Waals surface area contributed by atoms with Crippen LogP contribution in [0.4, 0.5) is 0 Å². The van der Waals surface area contributed by atoms with Crippen molar-refractivity contribution in [2.45, 2.75) is 56.3 Å². The van der Waals surface area contributed by atoms with E-state index in [0.717, 1.165) is 0 Å². The van der Waals surface area contributed by atoms with Crippen LogP contribution in [-0.2, 0) is 35.2 Å². The maximum absolute atomic E-state index is 13.0. The lowest BCUT2D eigenvalue weighted by atomic mass is 10.1. The van der Waals surface area contributed by atoms with E-state index in [1.165, 1.54) is 12.5 Å². The molecule has 0 fully saturated rings. The van der Waals surface area contributed by atoms with Crippen LogP contribution in [0.25, 0.3) is 0 Å². The Morgan fingerprint density at radius 2 is 1.40 bits per heavy atom. The number of aliphatic hydroxyl groups is 1. The number of carboxylic acids is 3. The fourth-order valence-electron chi connectivity index (χ4n) is 2.78. The van der Waals surface area contributed by atoms with Gasteiger partial charge in [0.1, 0.15) is 18.1 Å². The van der Waals surface area contributed by atoms with E-state index in [1.54, 1.807) is 0 Å². The molecule has 35 heavy (non-hydrogen) atoms. The molecule has 1 rings (SSSR count). The molecule has 0 aromatic carbocycles. The average molecular weight is 500 g/mol. The number of amides is 3. The first-order valence-corrected chi connectivity index (χ1v) is 10.4. The van der Waals surface area contributed by atoms with Gasteiger partial charge in [-0.25, -0.2) is 9.78 Å². The first kappa shape index (κ1) is 29.0. The van der Waals surface area contributed by atoms with Crippen LogP contribution in [0.3, 0.4) is 0 Å². The molecule has 16 heteroatoms. The quantitative estimate of drug-likeness (QED) is 0.107. The first-order valence-electron chi connectivity index (χ1n) is 10.4. The first-order chi connectivity index (χ1) is 16.4. The Morgan fingerprint density at radius 1 is 0.857 bits per heavy atom. The maximum atomic E-state index is 13.0. The summed E-state index contributed by atoms with van der Waals surface area (Å²) in [5.41, 5.74) is 6.09. The number of carbonyl (C=O) groups is 6. The number of nitrogens with two attached hydrogens (primary N) is 1. The zero-order valence-corrected chi connectivity index (χ0v) is 18.5. The minimum Gasteiger partial charge on any atom is -0.481 e. The van der Waals surface area contributed by atoms with Crippen molar-refractivity contribution in [2.24, 2.45) is 5.73 Å². The molecular formula is C19H28N6O10. The number of carbonyl (C=O) groups excluding carboxylic acids is 3. The van der Waals surface area contributed by atoms with Gasteiger partial charge in [-0.15, -0.1) is 0 Å². The number of H-pyrrole nitrogens is 1. The van der Waals surface area contributed by atoms with E-state index in [1.807, 2.05) is 5.32 Å². The molecule has 10 N–H and O–H groups in total. The lowest BCUT2D eigenvalue weighted by Gasteiger charge is -2.24. The number of aromatic amines is 1. The second-order valence-corrected chi connectivity index (χ2v) is 7.46. The summed E-state index contributed by atoms with van der Waals surface area (Å²) in [5, 5.41) is 42.4. The van der Waals surface area contributed by atoms with Crippen molar-refractivity contribution in [3.8, 4) is 0 Å². The molecule has 0 radical (unpaired) electrons. The molecule has 1 aromatic heterocycles. The number of nitrogens with zero attached hydrogens (tertiary/aromatic N) is 1. The third-order valence-corrected chi connectivity index (χ3v) is 4.69. The molecule has 3 amide bonds. The minimum atomic E-state index is -1.69. The molecule has 4 atom stereocenters. The highest BCUT2D eigenvalue weighted by Gasteiger charge is 2.31. The molecule has 4 unspecified atom stereocenters. The van der Waals surface area contributed by atoms with Crippen molar-refractivity contribution < 1.29 is 49.2 Å². The third-order valence-electron chi connectivity index (χ3n) is 4.69. The highest BCUT2D eigenvalue weighted by atomic mass is 16.4. The smallest absolute Gasteiger partial charge is 0.328 e. The van der Waals surface area contributed by atoms with Gasteiger partial charge in [0.05, 0.1) is 19.0 Å². The fraction of sp³-hybridized carbons (Fsp3) is 0.526. The second-order valence-electron chi connectivity index (χ2n) is 7.46. The van der Waals surface area contributed by atoms with Gasteiger partial charge in [-0.2, -0.15) is 0 Å². The second kappa shape index (κ2) is 14.3.